The van der Waals surface area contributed by atoms with Crippen LogP contribution in [-0.2, 0) is 55.2 Å². The average Bonchev–Trinajstić information content (AvgIpc) is 3.68. The van der Waals surface area contributed by atoms with Crippen LogP contribution in [0.1, 0.15) is 50.7 Å². The van der Waals surface area contributed by atoms with Gasteiger partial charge in [0.25, 0.3) is 0 Å². The number of aromatic nitrogens is 2. The van der Waals surface area contributed by atoms with Crippen molar-refractivity contribution in [3.05, 3.63) is 170 Å². The molecule has 0 saturated carbocycles. The number of unbranched alkanes of at least 4 members (excludes halogenated alkanes) is 2. The van der Waals surface area contributed by atoms with Gasteiger partial charge in [0.15, 0.2) is 0 Å². The molecule has 0 bridgehead atoms. The summed E-state index contributed by atoms with van der Waals surface area (Å²) in [6.07, 6.45) is 19.9. The van der Waals surface area contributed by atoms with E-state index in [-0.39, 0.29) is 42.1 Å². The molecule has 0 spiro atoms. The van der Waals surface area contributed by atoms with E-state index >= 15 is 0 Å². The Labute approximate surface area is 337 Å². The third-order valence-electron chi connectivity index (χ3n) is 9.04. The second kappa shape index (κ2) is 19.9. The van der Waals surface area contributed by atoms with Gasteiger partial charge in [-0.3, -0.25) is 11.8 Å². The second-order valence-corrected chi connectivity index (χ2v) is 12.3. The zero-order chi connectivity index (χ0) is 34.7. The number of hydrogen-bond acceptors (Lipinski definition) is 0. The summed E-state index contributed by atoms with van der Waals surface area (Å²) in [7, 11) is 0. The summed E-state index contributed by atoms with van der Waals surface area (Å²) < 4.78 is 4.84. The zero-order valence-electron chi connectivity index (χ0n) is 29.5. The SMILES string of the molecule is [C-]#Cc1ccc2c(c1)c1cc(-c3ccc4c(c3)c3cc(C#[C-])ccc3n4CCCC)ccc1n2CCCC.[Pt+2].[Pt+2].[c-]1ccccc1.[c-]1ccccc1. The molecular formula is C48H40N2Pt2. The van der Waals surface area contributed by atoms with Crippen LogP contribution in [0.15, 0.2) is 133 Å². The van der Waals surface area contributed by atoms with Crippen LogP contribution in [0.5, 0.6) is 0 Å². The summed E-state index contributed by atoms with van der Waals surface area (Å²) in [6, 6.07) is 51.0. The minimum absolute atomic E-state index is 0. The van der Waals surface area contributed by atoms with Crippen LogP contribution in [0.3, 0.4) is 0 Å². The number of hydrogen-bond donors (Lipinski definition) is 0. The number of rotatable bonds is 7. The standard InChI is InChI=1S/C36H30N2.2C6H5.2Pt/c1-5-9-19-37-33-15-11-25(7-3)21-29(33)31-23-27(13-17-35(31)37)28-14-18-36-32(24-28)30-22-26(8-4)12-16-34(30)38(36)20-10-6-2;2*1-2-4-6-5-3-1;;/h11-18,21-24H,5-6,9-10,19-20H2,1-2H3;2*1-5H;;/q-2;2*-1;2*+2. The summed E-state index contributed by atoms with van der Waals surface area (Å²) in [5.41, 5.74) is 8.88. The number of fused-ring (bicyclic) bond motifs is 6. The summed E-state index contributed by atoms with van der Waals surface area (Å²) >= 11 is 0. The van der Waals surface area contributed by atoms with Gasteiger partial charge in [-0.15, -0.1) is 35.4 Å². The quantitative estimate of drug-likeness (QED) is 0.111. The molecule has 0 unspecified atom stereocenters. The third-order valence-corrected chi connectivity index (χ3v) is 9.04. The second-order valence-electron chi connectivity index (χ2n) is 12.3. The predicted octanol–water partition coefficient (Wildman–Crippen LogP) is 12.0. The van der Waals surface area contributed by atoms with Crippen molar-refractivity contribution >= 4 is 43.6 Å². The Morgan fingerprint density at radius 1 is 0.481 bits per heavy atom. The molecule has 8 rings (SSSR count). The van der Waals surface area contributed by atoms with Gasteiger partial charge in [-0.25, -0.2) is 0 Å². The summed E-state index contributed by atoms with van der Waals surface area (Å²) in [5, 5.41) is 4.80. The molecule has 2 heterocycles. The molecule has 262 valence electrons. The minimum Gasteiger partial charge on any atom is -0.366 e. The summed E-state index contributed by atoms with van der Waals surface area (Å²) in [6.45, 7) is 6.43. The van der Waals surface area contributed by atoms with Crippen LogP contribution in [-0.4, -0.2) is 9.13 Å². The molecule has 52 heavy (non-hydrogen) atoms. The van der Waals surface area contributed by atoms with Crippen molar-refractivity contribution in [2.45, 2.75) is 52.6 Å². The van der Waals surface area contributed by atoms with Crippen LogP contribution in [0.2, 0.25) is 0 Å². The van der Waals surface area contributed by atoms with E-state index in [1.54, 1.807) is 0 Å². The Morgan fingerprint density at radius 2 is 0.827 bits per heavy atom. The Balaban J connectivity index is 0.000000367. The maximum absolute atomic E-state index is 7.66. The average molecular weight is 1040 g/mol. The first kappa shape index (κ1) is 40.2. The van der Waals surface area contributed by atoms with E-state index in [9.17, 15) is 0 Å². The molecule has 2 aromatic heterocycles. The Hall–Kier alpha value is -4.58. The van der Waals surface area contributed by atoms with E-state index in [2.05, 4.69) is 108 Å². The van der Waals surface area contributed by atoms with Gasteiger partial charge in [-0.2, -0.15) is 72.8 Å². The Kier molecular flexibility index (Phi) is 15.4. The van der Waals surface area contributed by atoms with Crippen LogP contribution < -0.4 is 0 Å². The summed E-state index contributed by atoms with van der Waals surface area (Å²) in [5.74, 6) is 5.13. The van der Waals surface area contributed by atoms with E-state index < -0.39 is 0 Å². The van der Waals surface area contributed by atoms with Gasteiger partial charge >= 0.3 is 42.1 Å². The topological polar surface area (TPSA) is 9.86 Å². The largest absolute Gasteiger partial charge is 2.00 e. The fraction of sp³-hybridized carbons (Fsp3) is 0.167. The first-order valence-corrected chi connectivity index (χ1v) is 17.5. The van der Waals surface area contributed by atoms with E-state index in [4.69, 9.17) is 12.8 Å². The fourth-order valence-corrected chi connectivity index (χ4v) is 6.52. The molecule has 4 heteroatoms. The van der Waals surface area contributed by atoms with E-state index in [1.807, 2.05) is 72.8 Å². The monoisotopic (exact) mass is 1030 g/mol. The van der Waals surface area contributed by atoms with Crippen molar-refractivity contribution in [3.63, 3.8) is 0 Å². The number of nitrogens with zero attached hydrogens (tertiary/aromatic N) is 2. The maximum atomic E-state index is 7.66. The van der Waals surface area contributed by atoms with Crippen molar-refractivity contribution in [2.75, 3.05) is 0 Å². The maximum Gasteiger partial charge on any atom is 2.00 e. The molecule has 6 aromatic carbocycles. The first-order chi connectivity index (χ1) is 24.7. The van der Waals surface area contributed by atoms with Gasteiger partial charge in [-0.1, -0.05) is 51.0 Å². The molecule has 8 aromatic rings. The molecule has 2 nitrogen and oxygen atoms in total. The first-order valence-electron chi connectivity index (χ1n) is 17.5. The van der Waals surface area contributed by atoms with Gasteiger partial charge in [0.05, 0.1) is 0 Å². The fourth-order valence-electron chi connectivity index (χ4n) is 6.52. The molecule has 0 saturated heterocycles. The third kappa shape index (κ3) is 9.07. The zero-order valence-corrected chi connectivity index (χ0v) is 34.0. The molecule has 0 aliphatic rings. The van der Waals surface area contributed by atoms with Crippen molar-refractivity contribution in [3.8, 4) is 23.0 Å². The molecule has 0 radical (unpaired) electrons. The molecule has 0 aliphatic carbocycles. The van der Waals surface area contributed by atoms with Crippen LogP contribution in [0.25, 0.3) is 54.7 Å². The van der Waals surface area contributed by atoms with E-state index in [0.29, 0.717) is 0 Å². The van der Waals surface area contributed by atoms with Crippen LogP contribution >= 0.6 is 0 Å². The molecule has 0 aliphatic heterocycles. The van der Waals surface area contributed by atoms with Gasteiger partial charge in [-0.05, 0) is 59.0 Å². The van der Waals surface area contributed by atoms with Crippen molar-refractivity contribution < 1.29 is 42.1 Å². The number of aryl methyl sites for hydroxylation is 2. The molecule has 0 fully saturated rings. The van der Waals surface area contributed by atoms with E-state index in [0.717, 1.165) is 49.9 Å². The Morgan fingerprint density at radius 3 is 1.12 bits per heavy atom. The summed E-state index contributed by atoms with van der Waals surface area (Å²) in [4.78, 5) is 0. The molecule has 0 atom stereocenters. The Bertz CT molecular complexity index is 2200. The molecular weight excluding hydrogens is 995 g/mol. The van der Waals surface area contributed by atoms with Gasteiger partial charge < -0.3 is 22.0 Å². The van der Waals surface area contributed by atoms with Crippen molar-refractivity contribution in [1.82, 2.24) is 9.13 Å². The smallest absolute Gasteiger partial charge is 0.366 e. The van der Waals surface area contributed by atoms with Crippen molar-refractivity contribution in [1.29, 1.82) is 0 Å². The van der Waals surface area contributed by atoms with Crippen molar-refractivity contribution in [2.24, 2.45) is 0 Å². The molecule has 0 amide bonds. The minimum atomic E-state index is 0. The number of benzene rings is 6. The normalized spacial score (nSPS) is 10.2. The van der Waals surface area contributed by atoms with Crippen LogP contribution in [0.4, 0.5) is 0 Å². The van der Waals surface area contributed by atoms with Gasteiger partial charge in [0.1, 0.15) is 0 Å². The van der Waals surface area contributed by atoms with E-state index in [1.165, 1.54) is 54.7 Å². The predicted molar refractivity (Wildman–Crippen MR) is 211 cm³/mol. The van der Waals surface area contributed by atoms with Gasteiger partial charge in [0.2, 0.25) is 0 Å². The molecule has 0 N–H and O–H groups in total. The van der Waals surface area contributed by atoms with Crippen LogP contribution in [0, 0.1) is 36.8 Å². The van der Waals surface area contributed by atoms with Gasteiger partial charge in [0, 0.05) is 45.9 Å².